The van der Waals surface area contributed by atoms with Crippen LogP contribution in [0.25, 0.3) is 21.5 Å². The van der Waals surface area contributed by atoms with Crippen LogP contribution in [0.3, 0.4) is 0 Å². The molecule has 0 unspecified atom stereocenters. The molecule has 154 valence electrons. The van der Waals surface area contributed by atoms with E-state index in [0.717, 1.165) is 52.9 Å². The minimum absolute atomic E-state index is 0. The quantitative estimate of drug-likeness (QED) is 0.636. The lowest BCUT2D eigenvalue weighted by atomic mass is 9.95. The van der Waals surface area contributed by atoms with Gasteiger partial charge in [0.25, 0.3) is 0 Å². The number of halogens is 1. The highest BCUT2D eigenvalue weighted by Gasteiger charge is 2.23. The number of methoxy groups -OCH3 is 1. The van der Waals surface area contributed by atoms with E-state index in [1.165, 1.54) is 23.8 Å². The van der Waals surface area contributed by atoms with Gasteiger partial charge in [-0.3, -0.25) is 4.90 Å². The van der Waals surface area contributed by atoms with Crippen molar-refractivity contribution in [3.8, 4) is 17.2 Å². The Labute approximate surface area is 176 Å². The van der Waals surface area contributed by atoms with E-state index < -0.39 is 0 Å². The van der Waals surface area contributed by atoms with Crippen LogP contribution < -0.4 is 14.2 Å². The molecular formula is C23H26ClNO4. The second-order valence-corrected chi connectivity index (χ2v) is 7.68. The zero-order valence-corrected chi connectivity index (χ0v) is 17.3. The summed E-state index contributed by atoms with van der Waals surface area (Å²) in [5.74, 6) is 2.43. The Kier molecular flexibility index (Phi) is 5.72. The fraction of sp³-hybridized carbons (Fsp3) is 0.391. The summed E-state index contributed by atoms with van der Waals surface area (Å²) >= 11 is 0. The fourth-order valence-electron chi connectivity index (χ4n) is 4.55. The van der Waals surface area contributed by atoms with Gasteiger partial charge in [0.05, 0.1) is 13.7 Å². The number of aliphatic hydroxyl groups excluding tert-OH is 1. The highest BCUT2D eigenvalue weighted by atomic mass is 35.5. The van der Waals surface area contributed by atoms with E-state index in [4.69, 9.17) is 14.2 Å². The van der Waals surface area contributed by atoms with Crippen molar-refractivity contribution < 1.29 is 19.3 Å². The van der Waals surface area contributed by atoms with E-state index in [0.29, 0.717) is 0 Å². The van der Waals surface area contributed by atoms with Crippen LogP contribution >= 0.6 is 12.4 Å². The van der Waals surface area contributed by atoms with Gasteiger partial charge in [-0.2, -0.15) is 0 Å². The van der Waals surface area contributed by atoms with Crippen molar-refractivity contribution in [2.75, 3.05) is 27.1 Å². The molecule has 0 aromatic heterocycles. The molecule has 2 aliphatic rings. The number of hydrogen-bond acceptors (Lipinski definition) is 5. The van der Waals surface area contributed by atoms with Crippen LogP contribution in [0.4, 0.5) is 0 Å². The first-order chi connectivity index (χ1) is 13.8. The molecule has 0 radical (unpaired) electrons. The summed E-state index contributed by atoms with van der Waals surface area (Å²) in [7, 11) is 1.70. The van der Waals surface area contributed by atoms with Gasteiger partial charge in [0.1, 0.15) is 5.75 Å². The Morgan fingerprint density at radius 1 is 1.03 bits per heavy atom. The van der Waals surface area contributed by atoms with Gasteiger partial charge >= 0.3 is 0 Å². The summed E-state index contributed by atoms with van der Waals surface area (Å²) in [5, 5.41) is 14.5. The van der Waals surface area contributed by atoms with Crippen LogP contribution in [0.2, 0.25) is 0 Å². The van der Waals surface area contributed by atoms with E-state index in [1.807, 2.05) is 6.07 Å². The lowest BCUT2D eigenvalue weighted by molar-refractivity contribution is 0.0845. The smallest absolute Gasteiger partial charge is 0.231 e. The molecule has 1 saturated heterocycles. The molecule has 0 bridgehead atoms. The summed E-state index contributed by atoms with van der Waals surface area (Å²) < 4.78 is 16.7. The van der Waals surface area contributed by atoms with Crippen molar-refractivity contribution in [1.82, 2.24) is 4.90 Å². The summed E-state index contributed by atoms with van der Waals surface area (Å²) in [4.78, 5) is 2.42. The number of likely N-dealkylation sites (tertiary alicyclic amines) is 1. The minimum Gasteiger partial charge on any atom is -0.497 e. The molecule has 0 amide bonds. The van der Waals surface area contributed by atoms with E-state index in [2.05, 4.69) is 35.2 Å². The number of nitrogens with zero attached hydrogens (tertiary/aromatic N) is 1. The maximum absolute atomic E-state index is 9.81. The maximum Gasteiger partial charge on any atom is 0.231 e. The van der Waals surface area contributed by atoms with Gasteiger partial charge < -0.3 is 19.3 Å². The van der Waals surface area contributed by atoms with Crippen molar-refractivity contribution in [2.45, 2.75) is 31.8 Å². The fourth-order valence-corrected chi connectivity index (χ4v) is 4.55. The van der Waals surface area contributed by atoms with Crippen LogP contribution in [0.1, 0.15) is 24.8 Å². The molecule has 3 aromatic carbocycles. The molecule has 5 nitrogen and oxygen atoms in total. The number of benzene rings is 3. The highest BCUT2D eigenvalue weighted by Crippen LogP contribution is 2.40. The molecule has 5 rings (SSSR count). The molecule has 2 aliphatic heterocycles. The van der Waals surface area contributed by atoms with Crippen LogP contribution in [-0.2, 0) is 6.54 Å². The third kappa shape index (κ3) is 3.59. The first kappa shape index (κ1) is 20.1. The third-order valence-corrected chi connectivity index (χ3v) is 6.07. The number of fused-ring (bicyclic) bond motifs is 4. The van der Waals surface area contributed by atoms with E-state index in [1.54, 1.807) is 7.11 Å². The second-order valence-electron chi connectivity index (χ2n) is 7.68. The van der Waals surface area contributed by atoms with Crippen molar-refractivity contribution in [2.24, 2.45) is 0 Å². The molecule has 2 heterocycles. The largest absolute Gasteiger partial charge is 0.497 e. The molecule has 0 saturated carbocycles. The van der Waals surface area contributed by atoms with Crippen molar-refractivity contribution in [3.63, 3.8) is 0 Å². The van der Waals surface area contributed by atoms with E-state index >= 15 is 0 Å². The molecule has 1 N–H and O–H groups in total. The van der Waals surface area contributed by atoms with Gasteiger partial charge in [-0.05, 0) is 76.8 Å². The molecule has 3 aromatic rings. The molecular weight excluding hydrogens is 390 g/mol. The Balaban J connectivity index is 0.00000205. The van der Waals surface area contributed by atoms with Crippen LogP contribution in [0.15, 0.2) is 36.4 Å². The highest BCUT2D eigenvalue weighted by molar-refractivity contribution is 6.10. The summed E-state index contributed by atoms with van der Waals surface area (Å²) in [6.07, 6.45) is 3.45. The van der Waals surface area contributed by atoms with Gasteiger partial charge in [0.2, 0.25) is 6.79 Å². The zero-order valence-electron chi connectivity index (χ0n) is 16.5. The lowest BCUT2D eigenvalue weighted by Crippen LogP contribution is -2.41. The van der Waals surface area contributed by atoms with Gasteiger partial charge in [-0.1, -0.05) is 12.5 Å². The summed E-state index contributed by atoms with van der Waals surface area (Å²) in [5.41, 5.74) is 1.27. The number of hydrogen-bond donors (Lipinski definition) is 1. The van der Waals surface area contributed by atoms with Gasteiger partial charge in [-0.25, -0.2) is 0 Å². The third-order valence-electron chi connectivity index (χ3n) is 6.07. The maximum atomic E-state index is 9.81. The van der Waals surface area contributed by atoms with Crippen molar-refractivity contribution in [3.05, 3.63) is 42.0 Å². The van der Waals surface area contributed by atoms with Crippen LogP contribution in [0.5, 0.6) is 17.2 Å². The molecule has 1 atom stereocenters. The van der Waals surface area contributed by atoms with Gasteiger partial charge in [0, 0.05) is 12.6 Å². The summed E-state index contributed by atoms with van der Waals surface area (Å²) in [6, 6.07) is 12.9. The van der Waals surface area contributed by atoms with Crippen LogP contribution in [-0.4, -0.2) is 43.1 Å². The minimum atomic E-state index is 0. The predicted molar refractivity (Wildman–Crippen MR) is 117 cm³/mol. The van der Waals surface area contributed by atoms with Gasteiger partial charge in [-0.15, -0.1) is 12.4 Å². The van der Waals surface area contributed by atoms with Crippen LogP contribution in [0, 0.1) is 0 Å². The molecule has 29 heavy (non-hydrogen) atoms. The second kappa shape index (κ2) is 8.27. The zero-order chi connectivity index (χ0) is 19.1. The molecule has 0 aliphatic carbocycles. The SMILES string of the molecule is COc1ccc2c(CN3CCCC[C@H]3CO)cc3cc4c(cc3c2c1)OCO4.Cl. The number of ether oxygens (including phenoxy) is 3. The predicted octanol–water partition coefficient (Wildman–Crippen LogP) is 4.50. The topological polar surface area (TPSA) is 51.2 Å². The molecule has 1 fully saturated rings. The molecule has 6 heteroatoms. The van der Waals surface area contributed by atoms with Crippen molar-refractivity contribution in [1.29, 1.82) is 0 Å². The van der Waals surface area contributed by atoms with E-state index in [-0.39, 0.29) is 31.8 Å². The van der Waals surface area contributed by atoms with Crippen molar-refractivity contribution >= 4 is 34.0 Å². The Bertz CT molecular complexity index is 1040. The van der Waals surface area contributed by atoms with Gasteiger partial charge in [0.15, 0.2) is 11.5 Å². The average Bonchev–Trinajstić information content (AvgIpc) is 3.20. The Morgan fingerprint density at radius 2 is 1.86 bits per heavy atom. The number of aliphatic hydroxyl groups is 1. The van der Waals surface area contributed by atoms with E-state index in [9.17, 15) is 5.11 Å². The average molecular weight is 416 g/mol. The summed E-state index contributed by atoms with van der Waals surface area (Å²) in [6.45, 7) is 2.35. The normalized spacial score (nSPS) is 18.8. The monoisotopic (exact) mass is 415 g/mol. The number of piperidine rings is 1. The number of rotatable bonds is 4. The first-order valence-corrected chi connectivity index (χ1v) is 9.94. The Morgan fingerprint density at radius 3 is 2.66 bits per heavy atom. The first-order valence-electron chi connectivity index (χ1n) is 9.94. The lowest BCUT2D eigenvalue weighted by Gasteiger charge is -2.35. The standard InChI is InChI=1S/C23H25NO4.ClH/c1-26-18-5-6-19-16(12-24-7-3-2-4-17(24)13-25)8-15-9-22-23(28-14-27-22)11-20(15)21(19)10-18;/h5-6,8-11,17,25H,2-4,7,12-14H2,1H3;1H/t17-;/m0./s1. The Hall–Kier alpha value is -2.21. The molecule has 0 spiro atoms.